The fraction of sp³-hybridized carbons (Fsp3) is 0.440. The molecule has 2 aliphatic rings. The van der Waals surface area contributed by atoms with Gasteiger partial charge in [0.2, 0.25) is 5.91 Å². The van der Waals surface area contributed by atoms with Gasteiger partial charge in [-0.2, -0.15) is 0 Å². The summed E-state index contributed by atoms with van der Waals surface area (Å²) in [5, 5.41) is 0. The number of carbonyl (C=O) groups is 2. The van der Waals surface area contributed by atoms with Crippen LogP contribution in [0.25, 0.3) is 0 Å². The summed E-state index contributed by atoms with van der Waals surface area (Å²) in [6.45, 7) is 5.56. The summed E-state index contributed by atoms with van der Waals surface area (Å²) in [5.41, 5.74) is 1.18. The standard InChI is InChI=1S/C25H30N2O5/c1-19-4-6-22(7-5-19)32-23-10-8-21(9-11-23)31-18-24(28)27-12-2-3-20(17-27)25(29)26-13-15-30-16-14-26/h4-11,20H,2-3,12-18H2,1H3. The van der Waals surface area contributed by atoms with Gasteiger partial charge in [0, 0.05) is 26.2 Å². The molecule has 170 valence electrons. The van der Waals surface area contributed by atoms with Gasteiger partial charge < -0.3 is 24.0 Å². The van der Waals surface area contributed by atoms with Crippen LogP contribution in [0.15, 0.2) is 48.5 Å². The van der Waals surface area contributed by atoms with Crippen LogP contribution in [0.1, 0.15) is 18.4 Å². The first-order valence-electron chi connectivity index (χ1n) is 11.2. The van der Waals surface area contributed by atoms with Crippen LogP contribution in [-0.4, -0.2) is 67.6 Å². The number of morpholine rings is 1. The number of ether oxygens (including phenoxy) is 3. The van der Waals surface area contributed by atoms with E-state index in [1.54, 1.807) is 17.0 Å². The Morgan fingerprint density at radius 1 is 0.906 bits per heavy atom. The number of carbonyl (C=O) groups excluding carboxylic acids is 2. The maximum atomic E-state index is 12.8. The summed E-state index contributed by atoms with van der Waals surface area (Å²) in [5.74, 6) is 1.98. The third-order valence-corrected chi connectivity index (χ3v) is 5.89. The Bertz CT molecular complexity index is 907. The van der Waals surface area contributed by atoms with E-state index in [9.17, 15) is 9.59 Å². The van der Waals surface area contributed by atoms with Crippen molar-refractivity contribution in [3.05, 3.63) is 54.1 Å². The van der Waals surface area contributed by atoms with Gasteiger partial charge in [-0.3, -0.25) is 9.59 Å². The number of piperidine rings is 1. The summed E-state index contributed by atoms with van der Waals surface area (Å²) in [4.78, 5) is 29.1. The maximum absolute atomic E-state index is 12.8. The lowest BCUT2D eigenvalue weighted by Gasteiger charge is -2.36. The van der Waals surface area contributed by atoms with Crippen LogP contribution in [-0.2, 0) is 14.3 Å². The Morgan fingerprint density at radius 2 is 1.53 bits per heavy atom. The van der Waals surface area contributed by atoms with E-state index < -0.39 is 0 Å². The lowest BCUT2D eigenvalue weighted by Crippen LogP contribution is -2.50. The van der Waals surface area contributed by atoms with Crippen molar-refractivity contribution >= 4 is 11.8 Å². The number of hydrogen-bond acceptors (Lipinski definition) is 5. The number of rotatable bonds is 6. The predicted octanol–water partition coefficient (Wildman–Crippen LogP) is 3.26. The first kappa shape index (κ1) is 22.1. The van der Waals surface area contributed by atoms with E-state index in [0.717, 1.165) is 18.6 Å². The molecule has 2 saturated heterocycles. The summed E-state index contributed by atoms with van der Waals surface area (Å²) in [7, 11) is 0. The average Bonchev–Trinajstić information content (AvgIpc) is 2.85. The molecule has 0 aliphatic carbocycles. The molecule has 2 fully saturated rings. The highest BCUT2D eigenvalue weighted by Gasteiger charge is 2.31. The van der Waals surface area contributed by atoms with Gasteiger partial charge in [-0.15, -0.1) is 0 Å². The minimum Gasteiger partial charge on any atom is -0.484 e. The number of nitrogens with zero attached hydrogens (tertiary/aromatic N) is 2. The van der Waals surface area contributed by atoms with E-state index in [2.05, 4.69) is 0 Å². The van der Waals surface area contributed by atoms with Crippen LogP contribution in [0.4, 0.5) is 0 Å². The quantitative estimate of drug-likeness (QED) is 0.693. The smallest absolute Gasteiger partial charge is 0.260 e. The molecule has 7 heteroatoms. The van der Waals surface area contributed by atoms with Gasteiger partial charge in [0.25, 0.3) is 5.91 Å². The number of likely N-dealkylation sites (tertiary alicyclic amines) is 1. The maximum Gasteiger partial charge on any atom is 0.260 e. The SMILES string of the molecule is Cc1ccc(Oc2ccc(OCC(=O)N3CCCC(C(=O)N4CCOCC4)C3)cc2)cc1. The lowest BCUT2D eigenvalue weighted by atomic mass is 9.96. The Morgan fingerprint density at radius 3 is 2.22 bits per heavy atom. The molecule has 2 amide bonds. The zero-order chi connectivity index (χ0) is 22.3. The number of benzene rings is 2. The molecule has 2 aromatic carbocycles. The predicted molar refractivity (Wildman–Crippen MR) is 120 cm³/mol. The molecule has 0 radical (unpaired) electrons. The topological polar surface area (TPSA) is 68.3 Å². The fourth-order valence-electron chi connectivity index (χ4n) is 4.03. The molecule has 0 aromatic heterocycles. The molecular formula is C25H30N2O5. The average molecular weight is 439 g/mol. The largest absolute Gasteiger partial charge is 0.484 e. The van der Waals surface area contributed by atoms with Crippen molar-refractivity contribution in [1.82, 2.24) is 9.80 Å². The molecule has 32 heavy (non-hydrogen) atoms. The van der Waals surface area contributed by atoms with Gasteiger partial charge in [0.05, 0.1) is 19.1 Å². The van der Waals surface area contributed by atoms with Gasteiger partial charge >= 0.3 is 0 Å². The molecular weight excluding hydrogens is 408 g/mol. The Balaban J connectivity index is 1.25. The number of aryl methyl sites for hydroxylation is 1. The van der Waals surface area contributed by atoms with E-state index in [1.165, 1.54) is 5.56 Å². The lowest BCUT2D eigenvalue weighted by molar-refractivity contribution is -0.144. The van der Waals surface area contributed by atoms with Gasteiger partial charge in [-0.25, -0.2) is 0 Å². The molecule has 0 N–H and O–H groups in total. The molecule has 0 saturated carbocycles. The second-order valence-corrected chi connectivity index (χ2v) is 8.29. The first-order chi connectivity index (χ1) is 15.6. The normalized spacial score (nSPS) is 18.8. The monoisotopic (exact) mass is 438 g/mol. The minimum atomic E-state index is -0.135. The van der Waals surface area contributed by atoms with Gasteiger partial charge in [0.15, 0.2) is 6.61 Å². The van der Waals surface area contributed by atoms with Crippen LogP contribution >= 0.6 is 0 Å². The molecule has 2 heterocycles. The fourth-order valence-corrected chi connectivity index (χ4v) is 4.03. The highest BCUT2D eigenvalue weighted by Crippen LogP contribution is 2.24. The number of hydrogen-bond donors (Lipinski definition) is 0. The van der Waals surface area contributed by atoms with Gasteiger partial charge in [-0.05, 0) is 56.2 Å². The van der Waals surface area contributed by atoms with E-state index in [0.29, 0.717) is 50.9 Å². The van der Waals surface area contributed by atoms with Gasteiger partial charge in [0.1, 0.15) is 17.2 Å². The van der Waals surface area contributed by atoms with Crippen molar-refractivity contribution in [2.75, 3.05) is 46.0 Å². The summed E-state index contributed by atoms with van der Waals surface area (Å²) < 4.78 is 16.8. The molecule has 1 atom stereocenters. The van der Waals surface area contributed by atoms with Crippen LogP contribution < -0.4 is 9.47 Å². The zero-order valence-electron chi connectivity index (χ0n) is 18.5. The second-order valence-electron chi connectivity index (χ2n) is 8.29. The zero-order valence-corrected chi connectivity index (χ0v) is 18.5. The van der Waals surface area contributed by atoms with Crippen molar-refractivity contribution < 1.29 is 23.8 Å². The van der Waals surface area contributed by atoms with Crippen molar-refractivity contribution in [2.45, 2.75) is 19.8 Å². The second kappa shape index (κ2) is 10.5. The molecule has 1 unspecified atom stereocenters. The number of amides is 2. The molecule has 0 bridgehead atoms. The van der Waals surface area contributed by atoms with Crippen molar-refractivity contribution in [3.8, 4) is 17.2 Å². The third kappa shape index (κ3) is 5.79. The highest BCUT2D eigenvalue weighted by atomic mass is 16.5. The van der Waals surface area contributed by atoms with Crippen LogP contribution in [0.2, 0.25) is 0 Å². The minimum absolute atomic E-state index is 0.0450. The Labute approximate surface area is 188 Å². The Hall–Kier alpha value is -3.06. The summed E-state index contributed by atoms with van der Waals surface area (Å²) in [6.07, 6.45) is 1.65. The highest BCUT2D eigenvalue weighted by molar-refractivity contribution is 5.82. The van der Waals surface area contributed by atoms with Crippen LogP contribution in [0, 0.1) is 12.8 Å². The Kier molecular flexibility index (Phi) is 7.27. The van der Waals surface area contributed by atoms with Crippen molar-refractivity contribution in [1.29, 1.82) is 0 Å². The van der Waals surface area contributed by atoms with Crippen molar-refractivity contribution in [3.63, 3.8) is 0 Å². The van der Waals surface area contributed by atoms with Crippen molar-refractivity contribution in [2.24, 2.45) is 5.92 Å². The summed E-state index contributed by atoms with van der Waals surface area (Å²) >= 11 is 0. The third-order valence-electron chi connectivity index (χ3n) is 5.89. The van der Waals surface area contributed by atoms with Gasteiger partial charge in [-0.1, -0.05) is 17.7 Å². The molecule has 2 aliphatic heterocycles. The van der Waals surface area contributed by atoms with E-state index in [-0.39, 0.29) is 24.3 Å². The molecule has 7 nitrogen and oxygen atoms in total. The van der Waals surface area contributed by atoms with E-state index in [1.807, 2.05) is 48.2 Å². The van der Waals surface area contributed by atoms with E-state index >= 15 is 0 Å². The molecule has 0 spiro atoms. The van der Waals surface area contributed by atoms with E-state index in [4.69, 9.17) is 14.2 Å². The van der Waals surface area contributed by atoms with Crippen LogP contribution in [0.5, 0.6) is 17.2 Å². The molecule has 2 aromatic rings. The first-order valence-corrected chi connectivity index (χ1v) is 11.2. The molecule has 4 rings (SSSR count). The van der Waals surface area contributed by atoms with Crippen LogP contribution in [0.3, 0.4) is 0 Å². The summed E-state index contributed by atoms with van der Waals surface area (Å²) in [6, 6.07) is 15.1.